The van der Waals surface area contributed by atoms with E-state index in [1.54, 1.807) is 0 Å². The Morgan fingerprint density at radius 2 is 2.08 bits per heavy atom. The van der Waals surface area contributed by atoms with Crippen LogP contribution in [0.1, 0.15) is 0 Å². The molecule has 0 aromatic heterocycles. The normalized spacial score (nSPS) is 11.2. The first-order chi connectivity index (χ1) is 5.90. The molecule has 0 amide bonds. The summed E-state index contributed by atoms with van der Waals surface area (Å²) in [5.41, 5.74) is 0. The third kappa shape index (κ3) is 2.76. The average Bonchev–Trinajstić information content (AvgIpc) is 1.95. The Bertz CT molecular complexity index is 396. The van der Waals surface area contributed by atoms with Crippen LogP contribution in [-0.4, -0.2) is 13.5 Å². The Balaban J connectivity index is 3.15. The first-order valence-corrected chi connectivity index (χ1v) is 4.95. The standard InChI is InChI=1S/C6H6ClNO4S/c7-4-2-1-3-5(9)6(4)12-13(8,10)11/h1-3,9H,(H2,8,10,11). The SMILES string of the molecule is NS(=O)(=O)Oc1c(O)cccc1Cl. The maximum absolute atomic E-state index is 10.5. The van der Waals surface area contributed by atoms with Crippen LogP contribution in [0.25, 0.3) is 0 Å². The molecule has 0 saturated heterocycles. The minimum Gasteiger partial charge on any atom is -0.504 e. The average molecular weight is 224 g/mol. The molecular formula is C6H6ClNO4S. The molecule has 1 aromatic rings. The van der Waals surface area contributed by atoms with E-state index in [9.17, 15) is 8.42 Å². The van der Waals surface area contributed by atoms with Crippen LogP contribution >= 0.6 is 11.6 Å². The summed E-state index contributed by atoms with van der Waals surface area (Å²) in [5, 5.41) is 13.7. The van der Waals surface area contributed by atoms with E-state index in [-0.39, 0.29) is 16.5 Å². The topological polar surface area (TPSA) is 89.6 Å². The summed E-state index contributed by atoms with van der Waals surface area (Å²) in [6.07, 6.45) is 0. The molecule has 0 saturated carbocycles. The summed E-state index contributed by atoms with van der Waals surface area (Å²) in [7, 11) is -4.17. The van der Waals surface area contributed by atoms with Gasteiger partial charge in [-0.15, -0.1) is 0 Å². The molecule has 0 aliphatic carbocycles. The second-order valence-electron chi connectivity index (χ2n) is 2.16. The zero-order chi connectivity index (χ0) is 10.1. The van der Waals surface area contributed by atoms with Crippen molar-refractivity contribution in [3.8, 4) is 11.5 Å². The molecule has 0 aliphatic rings. The highest BCUT2D eigenvalue weighted by molar-refractivity contribution is 7.84. The molecule has 5 nitrogen and oxygen atoms in total. The van der Waals surface area contributed by atoms with Gasteiger partial charge in [0.05, 0.1) is 5.02 Å². The molecule has 0 unspecified atom stereocenters. The van der Waals surface area contributed by atoms with Gasteiger partial charge in [-0.2, -0.15) is 13.6 Å². The van der Waals surface area contributed by atoms with Crippen molar-refractivity contribution in [2.45, 2.75) is 0 Å². The van der Waals surface area contributed by atoms with Crippen molar-refractivity contribution in [1.29, 1.82) is 0 Å². The second-order valence-corrected chi connectivity index (χ2v) is 3.72. The molecule has 1 rings (SSSR count). The van der Waals surface area contributed by atoms with E-state index in [4.69, 9.17) is 16.7 Å². The lowest BCUT2D eigenvalue weighted by Crippen LogP contribution is -2.19. The molecule has 0 heterocycles. The Morgan fingerprint density at radius 1 is 1.46 bits per heavy atom. The number of hydrogen-bond donors (Lipinski definition) is 2. The summed E-state index contributed by atoms with van der Waals surface area (Å²) in [6.45, 7) is 0. The van der Waals surface area contributed by atoms with Gasteiger partial charge in [-0.05, 0) is 12.1 Å². The number of phenolic OH excluding ortho intramolecular Hbond substituents is 1. The highest BCUT2D eigenvalue weighted by Gasteiger charge is 2.13. The molecule has 0 aliphatic heterocycles. The highest BCUT2D eigenvalue weighted by atomic mass is 35.5. The third-order valence-electron chi connectivity index (χ3n) is 1.15. The zero-order valence-corrected chi connectivity index (χ0v) is 7.84. The number of para-hydroxylation sites is 1. The molecule has 1 aromatic carbocycles. The van der Waals surface area contributed by atoms with Gasteiger partial charge < -0.3 is 9.29 Å². The van der Waals surface area contributed by atoms with Gasteiger partial charge in [-0.25, -0.2) is 0 Å². The molecule has 0 spiro atoms. The lowest BCUT2D eigenvalue weighted by molar-refractivity contribution is 0.429. The van der Waals surface area contributed by atoms with Crippen molar-refractivity contribution in [1.82, 2.24) is 0 Å². The monoisotopic (exact) mass is 223 g/mol. The fourth-order valence-electron chi connectivity index (χ4n) is 0.696. The predicted molar refractivity (Wildman–Crippen MR) is 46.9 cm³/mol. The quantitative estimate of drug-likeness (QED) is 0.770. The molecule has 0 atom stereocenters. The fraction of sp³-hybridized carbons (Fsp3) is 0. The summed E-state index contributed by atoms with van der Waals surface area (Å²) < 4.78 is 25.2. The number of phenols is 1. The van der Waals surface area contributed by atoms with Crippen LogP contribution in [0.15, 0.2) is 18.2 Å². The first kappa shape index (κ1) is 10.1. The lowest BCUT2D eigenvalue weighted by Gasteiger charge is -2.05. The van der Waals surface area contributed by atoms with Crippen molar-refractivity contribution < 1.29 is 17.7 Å². The summed E-state index contributed by atoms with van der Waals surface area (Å²) in [6, 6.07) is 4.03. The Morgan fingerprint density at radius 3 is 2.54 bits per heavy atom. The van der Waals surface area contributed by atoms with E-state index in [1.807, 2.05) is 0 Å². The molecule has 7 heteroatoms. The van der Waals surface area contributed by atoms with Gasteiger partial charge in [0.15, 0.2) is 5.75 Å². The van der Waals surface area contributed by atoms with Crippen LogP contribution < -0.4 is 9.32 Å². The Hall–Kier alpha value is -0.980. The summed E-state index contributed by atoms with van der Waals surface area (Å²) >= 11 is 5.53. The molecule has 0 bridgehead atoms. The van der Waals surface area contributed by atoms with Crippen LogP contribution in [0.5, 0.6) is 11.5 Å². The number of nitrogens with two attached hydrogens (primary N) is 1. The van der Waals surface area contributed by atoms with Gasteiger partial charge in [-0.1, -0.05) is 17.7 Å². The van der Waals surface area contributed by atoms with Crippen molar-refractivity contribution in [3.05, 3.63) is 23.2 Å². The van der Waals surface area contributed by atoms with Crippen molar-refractivity contribution in [2.75, 3.05) is 0 Å². The van der Waals surface area contributed by atoms with Crippen LogP contribution in [0.2, 0.25) is 5.02 Å². The largest absolute Gasteiger partial charge is 0.504 e. The van der Waals surface area contributed by atoms with E-state index in [0.717, 1.165) is 0 Å². The number of aromatic hydroxyl groups is 1. The molecule has 0 radical (unpaired) electrons. The molecule has 13 heavy (non-hydrogen) atoms. The number of halogens is 1. The number of hydrogen-bond acceptors (Lipinski definition) is 4. The molecule has 0 fully saturated rings. The minimum atomic E-state index is -4.17. The van der Waals surface area contributed by atoms with Gasteiger partial charge in [0, 0.05) is 0 Å². The Labute approximate surface area is 80.0 Å². The van der Waals surface area contributed by atoms with Gasteiger partial charge in [-0.3, -0.25) is 0 Å². The van der Waals surface area contributed by atoms with Crippen LogP contribution in [0.4, 0.5) is 0 Å². The van der Waals surface area contributed by atoms with Gasteiger partial charge >= 0.3 is 10.3 Å². The molecule has 72 valence electrons. The van der Waals surface area contributed by atoms with E-state index >= 15 is 0 Å². The minimum absolute atomic E-state index is 0.0333. The van der Waals surface area contributed by atoms with E-state index in [2.05, 4.69) is 9.32 Å². The highest BCUT2D eigenvalue weighted by Crippen LogP contribution is 2.34. The lowest BCUT2D eigenvalue weighted by atomic mass is 10.3. The van der Waals surface area contributed by atoms with Crippen LogP contribution in [-0.2, 0) is 10.3 Å². The Kier molecular flexibility index (Phi) is 2.65. The van der Waals surface area contributed by atoms with Gasteiger partial charge in [0.2, 0.25) is 5.75 Å². The van der Waals surface area contributed by atoms with E-state index < -0.39 is 10.3 Å². The summed E-state index contributed by atoms with van der Waals surface area (Å²) in [4.78, 5) is 0. The second kappa shape index (κ2) is 3.41. The van der Waals surface area contributed by atoms with Crippen molar-refractivity contribution >= 4 is 21.9 Å². The number of benzene rings is 1. The maximum atomic E-state index is 10.5. The van der Waals surface area contributed by atoms with E-state index in [0.29, 0.717) is 0 Å². The van der Waals surface area contributed by atoms with Crippen LogP contribution in [0.3, 0.4) is 0 Å². The van der Waals surface area contributed by atoms with Crippen molar-refractivity contribution in [2.24, 2.45) is 5.14 Å². The summed E-state index contributed by atoms with van der Waals surface area (Å²) in [5.74, 6) is -0.756. The van der Waals surface area contributed by atoms with Gasteiger partial charge in [0.1, 0.15) is 0 Å². The molecule has 3 N–H and O–H groups in total. The van der Waals surface area contributed by atoms with Crippen molar-refractivity contribution in [3.63, 3.8) is 0 Å². The maximum Gasteiger partial charge on any atom is 0.380 e. The number of rotatable bonds is 2. The smallest absolute Gasteiger partial charge is 0.380 e. The predicted octanol–water partition coefficient (Wildman–Crippen LogP) is 0.628. The first-order valence-electron chi connectivity index (χ1n) is 3.10. The fourth-order valence-corrected chi connectivity index (χ4v) is 1.36. The van der Waals surface area contributed by atoms with Crippen LogP contribution in [0, 0.1) is 0 Å². The van der Waals surface area contributed by atoms with E-state index in [1.165, 1.54) is 18.2 Å². The molecular weight excluding hydrogens is 218 g/mol. The zero-order valence-electron chi connectivity index (χ0n) is 6.27. The van der Waals surface area contributed by atoms with Gasteiger partial charge in [0.25, 0.3) is 0 Å². The third-order valence-corrected chi connectivity index (χ3v) is 1.84.